The number of benzene rings is 2. The van der Waals surface area contributed by atoms with Gasteiger partial charge in [0.05, 0.1) is 6.61 Å². The van der Waals surface area contributed by atoms with E-state index in [9.17, 15) is 0 Å². The molecule has 0 saturated heterocycles. The van der Waals surface area contributed by atoms with Gasteiger partial charge in [-0.1, -0.05) is 112 Å². The van der Waals surface area contributed by atoms with Crippen molar-refractivity contribution in [2.24, 2.45) is 0 Å². The van der Waals surface area contributed by atoms with Crippen LogP contribution in [0.1, 0.15) is 52.7 Å². The summed E-state index contributed by atoms with van der Waals surface area (Å²) in [4.78, 5) is 0. The summed E-state index contributed by atoms with van der Waals surface area (Å²) in [6, 6.07) is 19.2. The molecule has 0 saturated carbocycles. The van der Waals surface area contributed by atoms with Crippen molar-refractivity contribution in [3.8, 4) is 0 Å². The van der Waals surface area contributed by atoms with Crippen LogP contribution in [-0.4, -0.2) is 39.7 Å². The number of fused-ring (bicyclic) bond motifs is 2. The van der Waals surface area contributed by atoms with Crippen molar-refractivity contribution >= 4 is 49.5 Å². The van der Waals surface area contributed by atoms with E-state index in [0.717, 1.165) is 31.5 Å². The molecule has 3 nitrogen and oxygen atoms in total. The maximum absolute atomic E-state index is 6.23. The Balaban J connectivity index is 0.000000225. The summed E-state index contributed by atoms with van der Waals surface area (Å²) in [7, 11) is -3.08. The molecule has 1 aliphatic carbocycles. The maximum Gasteiger partial charge on any atom is 0.192 e. The van der Waals surface area contributed by atoms with E-state index in [-0.39, 0.29) is 5.04 Å². The summed E-state index contributed by atoms with van der Waals surface area (Å²) in [6.45, 7) is 25.4. The molecule has 0 aliphatic heterocycles. The van der Waals surface area contributed by atoms with Crippen molar-refractivity contribution in [1.29, 1.82) is 0 Å². The van der Waals surface area contributed by atoms with Crippen LogP contribution < -0.4 is 0 Å². The SMILES string of the molecule is C1=Cc2ccccc2C1.CC(C)(C)[Si](C)(C)OCCBr.CC(C)(C)[Si](C)(C)OCCn1ccc2ccccc21. The third-order valence-electron chi connectivity index (χ3n) is 8.32. The normalized spacial score (nSPS) is 13.4. The fourth-order valence-electron chi connectivity index (χ4n) is 3.66. The van der Waals surface area contributed by atoms with Gasteiger partial charge in [0, 0.05) is 30.2 Å². The molecule has 6 heteroatoms. The molecule has 1 aliphatic rings. The Labute approximate surface area is 249 Å². The largest absolute Gasteiger partial charge is 0.416 e. The zero-order valence-electron chi connectivity index (χ0n) is 26.1. The maximum atomic E-state index is 6.23. The lowest BCUT2D eigenvalue weighted by molar-refractivity contribution is 0.273. The first-order chi connectivity index (χ1) is 18.1. The molecule has 216 valence electrons. The minimum Gasteiger partial charge on any atom is -0.416 e. The molecular weight excluding hydrogens is 578 g/mol. The van der Waals surface area contributed by atoms with E-state index in [1.54, 1.807) is 0 Å². The number of nitrogens with zero attached hydrogens (tertiary/aromatic N) is 1. The van der Waals surface area contributed by atoms with Crippen LogP contribution in [0.25, 0.3) is 17.0 Å². The number of hydrogen-bond donors (Lipinski definition) is 0. The zero-order chi connectivity index (χ0) is 29.3. The second-order valence-corrected chi connectivity index (χ2v) is 23.7. The minimum absolute atomic E-state index is 0.283. The molecule has 1 heterocycles. The van der Waals surface area contributed by atoms with Gasteiger partial charge in [0.2, 0.25) is 0 Å². The zero-order valence-corrected chi connectivity index (χ0v) is 29.7. The fraction of sp³-hybridized carbons (Fsp3) is 0.515. The van der Waals surface area contributed by atoms with Gasteiger partial charge in [0.25, 0.3) is 0 Å². The highest BCUT2D eigenvalue weighted by Gasteiger charge is 2.37. The highest BCUT2D eigenvalue weighted by atomic mass is 79.9. The van der Waals surface area contributed by atoms with Gasteiger partial charge >= 0.3 is 0 Å². The highest BCUT2D eigenvalue weighted by Crippen LogP contribution is 2.37. The van der Waals surface area contributed by atoms with Gasteiger partial charge in [-0.3, -0.25) is 0 Å². The first kappa shape index (κ1) is 33.8. The van der Waals surface area contributed by atoms with Crippen LogP contribution >= 0.6 is 15.9 Å². The third kappa shape index (κ3) is 10.2. The fourth-order valence-corrected chi connectivity index (χ4v) is 6.20. The molecular formula is C33H52BrNO2Si2. The standard InChI is InChI=1S/C16H25NOSi.C9H8.C8H19BrOSi/c1-16(2,3)19(4,5)18-13-12-17-11-10-14-8-6-7-9-15(14)17;1-2-5-9-7-3-6-8(9)4-1;1-8(2,3)11(4,5)10-7-6-9/h6-11H,12-13H2,1-5H3;1-6H,7H2;6-7H2,1-5H3. The molecule has 0 unspecified atom stereocenters. The quantitative estimate of drug-likeness (QED) is 0.192. The molecule has 0 radical (unpaired) electrons. The molecule has 0 spiro atoms. The van der Waals surface area contributed by atoms with Crippen molar-refractivity contribution < 1.29 is 8.85 Å². The predicted octanol–water partition coefficient (Wildman–Crippen LogP) is 10.3. The van der Waals surface area contributed by atoms with Gasteiger partial charge in [0.15, 0.2) is 16.6 Å². The Kier molecular flexibility index (Phi) is 12.5. The molecule has 3 aromatic rings. The van der Waals surface area contributed by atoms with Crippen LogP contribution in [0.15, 0.2) is 66.9 Å². The summed E-state index contributed by atoms with van der Waals surface area (Å²) < 4.78 is 14.3. The number of para-hydroxylation sites is 1. The van der Waals surface area contributed by atoms with E-state index in [4.69, 9.17) is 8.85 Å². The van der Waals surface area contributed by atoms with Crippen LogP contribution in [0.3, 0.4) is 0 Å². The summed E-state index contributed by atoms with van der Waals surface area (Å²) in [5.41, 5.74) is 4.14. The highest BCUT2D eigenvalue weighted by molar-refractivity contribution is 9.09. The molecule has 2 aromatic carbocycles. The molecule has 0 N–H and O–H groups in total. The first-order valence-electron chi connectivity index (χ1n) is 14.2. The second kappa shape index (κ2) is 14.4. The van der Waals surface area contributed by atoms with Gasteiger partial charge in [-0.15, -0.1) is 0 Å². The number of halogens is 1. The monoisotopic (exact) mass is 629 g/mol. The van der Waals surface area contributed by atoms with E-state index < -0.39 is 16.6 Å². The smallest absolute Gasteiger partial charge is 0.192 e. The van der Waals surface area contributed by atoms with E-state index in [2.05, 4.69) is 161 Å². The predicted molar refractivity (Wildman–Crippen MR) is 181 cm³/mol. The molecule has 0 amide bonds. The molecule has 1 aromatic heterocycles. The molecule has 4 rings (SSSR count). The number of alkyl halides is 1. The van der Waals surface area contributed by atoms with Crippen LogP contribution in [0.4, 0.5) is 0 Å². The Bertz CT molecular complexity index is 1190. The van der Waals surface area contributed by atoms with E-state index in [1.165, 1.54) is 22.0 Å². The number of allylic oxidation sites excluding steroid dienone is 1. The Morgan fingerprint density at radius 3 is 1.92 bits per heavy atom. The van der Waals surface area contributed by atoms with Crippen LogP contribution in [0.5, 0.6) is 0 Å². The van der Waals surface area contributed by atoms with Crippen molar-refractivity contribution in [2.45, 2.75) is 90.8 Å². The summed E-state index contributed by atoms with van der Waals surface area (Å²) in [5, 5.41) is 2.87. The van der Waals surface area contributed by atoms with E-state index >= 15 is 0 Å². The lowest BCUT2D eigenvalue weighted by Crippen LogP contribution is -2.41. The van der Waals surface area contributed by atoms with Gasteiger partial charge in [-0.05, 0) is 71.3 Å². The lowest BCUT2D eigenvalue weighted by Gasteiger charge is -2.36. The van der Waals surface area contributed by atoms with Crippen LogP contribution in [0.2, 0.25) is 36.3 Å². The van der Waals surface area contributed by atoms with Gasteiger partial charge < -0.3 is 13.4 Å². The van der Waals surface area contributed by atoms with Crippen molar-refractivity contribution in [3.05, 3.63) is 78.0 Å². The van der Waals surface area contributed by atoms with Crippen LogP contribution in [-0.2, 0) is 21.8 Å². The second-order valence-electron chi connectivity index (χ2n) is 13.3. The van der Waals surface area contributed by atoms with E-state index in [0.29, 0.717) is 5.04 Å². The average Bonchev–Trinajstić information content (AvgIpc) is 3.49. The van der Waals surface area contributed by atoms with Crippen LogP contribution in [0, 0.1) is 0 Å². The molecule has 0 atom stereocenters. The molecule has 39 heavy (non-hydrogen) atoms. The number of hydrogen-bond acceptors (Lipinski definition) is 2. The Hall–Kier alpha value is -1.45. The first-order valence-corrected chi connectivity index (χ1v) is 21.1. The van der Waals surface area contributed by atoms with Gasteiger partial charge in [0.1, 0.15) is 0 Å². The van der Waals surface area contributed by atoms with Gasteiger partial charge in [-0.25, -0.2) is 0 Å². The van der Waals surface area contributed by atoms with E-state index in [1.807, 2.05) is 0 Å². The van der Waals surface area contributed by atoms with Crippen molar-refractivity contribution in [3.63, 3.8) is 0 Å². The average molecular weight is 631 g/mol. The molecule has 0 bridgehead atoms. The lowest BCUT2D eigenvalue weighted by atomic mass is 10.1. The number of rotatable bonds is 7. The van der Waals surface area contributed by atoms with Crippen molar-refractivity contribution in [2.75, 3.05) is 18.5 Å². The summed E-state index contributed by atoms with van der Waals surface area (Å²) in [6.07, 6.45) is 7.65. The summed E-state index contributed by atoms with van der Waals surface area (Å²) >= 11 is 3.37. The minimum atomic E-state index is -1.62. The topological polar surface area (TPSA) is 23.4 Å². The summed E-state index contributed by atoms with van der Waals surface area (Å²) in [5.74, 6) is 0. The Morgan fingerprint density at radius 1 is 0.769 bits per heavy atom. The molecule has 0 fully saturated rings. The van der Waals surface area contributed by atoms with Crippen molar-refractivity contribution in [1.82, 2.24) is 4.57 Å². The number of aromatic nitrogens is 1. The van der Waals surface area contributed by atoms with Gasteiger partial charge in [-0.2, -0.15) is 0 Å². The Morgan fingerprint density at radius 2 is 1.33 bits per heavy atom. The third-order valence-corrected chi connectivity index (χ3v) is 17.7.